The number of cyclic esters (lactones) is 2. The van der Waals surface area contributed by atoms with Gasteiger partial charge in [-0.25, -0.2) is 9.59 Å². The number of esters is 2. The molecular weight excluding hydrogens is 376 g/mol. The molecule has 1 aliphatic heterocycles. The summed E-state index contributed by atoms with van der Waals surface area (Å²) in [6.45, 7) is 2.87. The second-order valence-electron chi connectivity index (χ2n) is 6.05. The fourth-order valence-electron chi connectivity index (χ4n) is 2.26. The minimum atomic E-state index is -1.35. The van der Waals surface area contributed by atoms with Gasteiger partial charge < -0.3 is 14.0 Å². The lowest BCUT2D eigenvalue weighted by molar-refractivity contribution is -0.387. The average molecular weight is 390 g/mol. The normalized spacial score (nSPS) is 15.9. The van der Waals surface area contributed by atoms with E-state index in [1.165, 1.54) is 38.4 Å². The van der Waals surface area contributed by atoms with E-state index in [-0.39, 0.29) is 16.8 Å². The third kappa shape index (κ3) is 3.97. The van der Waals surface area contributed by atoms with Crippen molar-refractivity contribution in [3.8, 4) is 0 Å². The summed E-state index contributed by atoms with van der Waals surface area (Å²) in [5, 5.41) is 19.5. The van der Waals surface area contributed by atoms with Gasteiger partial charge in [0.1, 0.15) is 11.9 Å². The topological polar surface area (TPSA) is 126 Å². The van der Waals surface area contributed by atoms with Gasteiger partial charge in [-0.2, -0.15) is 0 Å². The lowest BCUT2D eigenvalue weighted by Gasteiger charge is -2.29. The van der Waals surface area contributed by atoms with E-state index in [0.717, 1.165) is 11.8 Å². The van der Waals surface area contributed by atoms with Gasteiger partial charge in [0.05, 0.1) is 9.82 Å². The van der Waals surface area contributed by atoms with Gasteiger partial charge in [-0.05, 0) is 29.5 Å². The molecule has 0 radical (unpaired) electrons. The lowest BCUT2D eigenvalue weighted by atomic mass is 10.1. The summed E-state index contributed by atoms with van der Waals surface area (Å²) in [5.41, 5.74) is -0.250. The molecule has 1 aliphatic rings. The molecule has 1 aromatic heterocycles. The summed E-state index contributed by atoms with van der Waals surface area (Å²) in [4.78, 5) is 35.2. The Bertz CT molecular complexity index is 959. The molecule has 0 atom stereocenters. The molecule has 0 N–H and O–H groups in total. The predicted molar refractivity (Wildman–Crippen MR) is 92.5 cm³/mol. The van der Waals surface area contributed by atoms with Crippen LogP contribution in [-0.2, 0) is 26.1 Å². The van der Waals surface area contributed by atoms with Crippen LogP contribution in [0.3, 0.4) is 0 Å². The maximum absolute atomic E-state index is 12.0. The third-order valence-corrected chi connectivity index (χ3v) is 4.60. The number of rotatable bonds is 4. The van der Waals surface area contributed by atoms with E-state index in [4.69, 9.17) is 9.47 Å². The smallest absolute Gasteiger partial charge is 0.348 e. The van der Waals surface area contributed by atoms with Crippen molar-refractivity contribution < 1.29 is 24.0 Å². The summed E-state index contributed by atoms with van der Waals surface area (Å²) < 4.78 is 11.6. The molecule has 0 bridgehead atoms. The Labute approximate surface area is 157 Å². The standard InChI is InChI=1S/C16H14N4O6S/c1-16(2)25-13(21)10(14(22)26-16)6-9-4-5-12(11(7-9)20(23)24)27-15-18-17-8-19(15)3/h4-8H,1-3H3. The number of carbonyl (C=O) groups is 2. The molecule has 11 heteroatoms. The van der Waals surface area contributed by atoms with Gasteiger partial charge in [-0.1, -0.05) is 6.07 Å². The Balaban J connectivity index is 1.95. The SMILES string of the molecule is Cn1cnnc1Sc1ccc(C=C2C(=O)OC(C)(C)OC2=O)cc1[N+](=O)[O-]. The van der Waals surface area contributed by atoms with Crippen LogP contribution in [0, 0.1) is 10.1 Å². The van der Waals surface area contributed by atoms with Crippen LogP contribution in [0.5, 0.6) is 0 Å². The van der Waals surface area contributed by atoms with Crippen LogP contribution < -0.4 is 0 Å². The van der Waals surface area contributed by atoms with E-state index in [1.807, 2.05) is 0 Å². The average Bonchev–Trinajstić information content (AvgIpc) is 2.96. The largest absolute Gasteiger partial charge is 0.419 e. The fraction of sp³-hybridized carbons (Fsp3) is 0.250. The van der Waals surface area contributed by atoms with Gasteiger partial charge in [-0.15, -0.1) is 10.2 Å². The number of benzene rings is 1. The number of nitro groups is 1. The second-order valence-corrected chi connectivity index (χ2v) is 7.06. The first-order valence-corrected chi connectivity index (χ1v) is 8.46. The first kappa shape index (κ1) is 18.6. The van der Waals surface area contributed by atoms with Gasteiger partial charge in [0.2, 0.25) is 0 Å². The Kier molecular flexibility index (Phi) is 4.70. The predicted octanol–water partition coefficient (Wildman–Crippen LogP) is 2.09. The summed E-state index contributed by atoms with van der Waals surface area (Å²) in [5.74, 6) is -3.05. The molecule has 2 aromatic rings. The van der Waals surface area contributed by atoms with Gasteiger partial charge in [0, 0.05) is 27.0 Å². The molecule has 10 nitrogen and oxygen atoms in total. The minimum Gasteiger partial charge on any atom is -0.419 e. The van der Waals surface area contributed by atoms with Crippen LogP contribution in [0.4, 0.5) is 5.69 Å². The zero-order chi connectivity index (χ0) is 19.8. The van der Waals surface area contributed by atoms with Gasteiger partial charge in [0.15, 0.2) is 5.16 Å². The summed E-state index contributed by atoms with van der Waals surface area (Å²) >= 11 is 1.08. The Morgan fingerprint density at radius 3 is 2.48 bits per heavy atom. The first-order chi connectivity index (χ1) is 12.7. The summed E-state index contributed by atoms with van der Waals surface area (Å²) in [7, 11) is 1.72. The first-order valence-electron chi connectivity index (χ1n) is 7.65. The number of hydrogen-bond donors (Lipinski definition) is 0. The number of ether oxygens (including phenoxy) is 2. The highest BCUT2D eigenvalue weighted by molar-refractivity contribution is 7.99. The highest BCUT2D eigenvalue weighted by atomic mass is 32.2. The number of aromatic nitrogens is 3. The monoisotopic (exact) mass is 390 g/mol. The van der Waals surface area contributed by atoms with Crippen molar-refractivity contribution in [2.24, 2.45) is 7.05 Å². The Morgan fingerprint density at radius 2 is 1.93 bits per heavy atom. The molecule has 0 aliphatic carbocycles. The van der Waals surface area contributed by atoms with Crippen molar-refractivity contribution in [3.05, 3.63) is 45.8 Å². The third-order valence-electron chi connectivity index (χ3n) is 3.48. The highest BCUT2D eigenvalue weighted by Gasteiger charge is 2.38. The molecular formula is C16H14N4O6S. The molecule has 0 unspecified atom stereocenters. The van der Waals surface area contributed by atoms with E-state index in [0.29, 0.717) is 10.1 Å². The zero-order valence-corrected chi connectivity index (χ0v) is 15.3. The van der Waals surface area contributed by atoms with Crippen molar-refractivity contribution in [1.29, 1.82) is 0 Å². The van der Waals surface area contributed by atoms with Crippen LogP contribution in [0.25, 0.3) is 6.08 Å². The molecule has 140 valence electrons. The van der Waals surface area contributed by atoms with Crippen molar-refractivity contribution in [2.45, 2.75) is 29.7 Å². The highest BCUT2D eigenvalue weighted by Crippen LogP contribution is 2.35. The molecule has 0 saturated carbocycles. The number of carbonyl (C=O) groups excluding carboxylic acids is 2. The Hall–Kier alpha value is -3.21. The molecule has 1 aromatic carbocycles. The molecule has 0 spiro atoms. The molecule has 2 heterocycles. The van der Waals surface area contributed by atoms with Gasteiger partial charge >= 0.3 is 11.9 Å². The van der Waals surface area contributed by atoms with E-state index in [2.05, 4.69) is 10.2 Å². The van der Waals surface area contributed by atoms with E-state index < -0.39 is 22.6 Å². The quantitative estimate of drug-likeness (QED) is 0.253. The van der Waals surface area contributed by atoms with E-state index >= 15 is 0 Å². The Morgan fingerprint density at radius 1 is 1.26 bits per heavy atom. The molecule has 3 rings (SSSR count). The van der Waals surface area contributed by atoms with Crippen molar-refractivity contribution in [3.63, 3.8) is 0 Å². The maximum Gasteiger partial charge on any atom is 0.348 e. The van der Waals surface area contributed by atoms with Crippen LogP contribution in [0.1, 0.15) is 19.4 Å². The van der Waals surface area contributed by atoms with Crippen LogP contribution in [-0.4, -0.2) is 37.4 Å². The number of hydrogen-bond acceptors (Lipinski definition) is 9. The molecule has 0 amide bonds. The van der Waals surface area contributed by atoms with Crippen LogP contribution >= 0.6 is 11.8 Å². The maximum atomic E-state index is 12.0. The van der Waals surface area contributed by atoms with Crippen molar-refractivity contribution in [2.75, 3.05) is 0 Å². The van der Waals surface area contributed by atoms with Gasteiger partial charge in [0.25, 0.3) is 11.5 Å². The minimum absolute atomic E-state index is 0.199. The zero-order valence-electron chi connectivity index (χ0n) is 14.5. The summed E-state index contributed by atoms with van der Waals surface area (Å²) in [6.07, 6.45) is 2.68. The number of nitrogens with zero attached hydrogens (tertiary/aromatic N) is 4. The fourth-order valence-corrected chi connectivity index (χ4v) is 3.11. The lowest BCUT2D eigenvalue weighted by Crippen LogP contribution is -2.41. The van der Waals surface area contributed by atoms with Crippen LogP contribution in [0.15, 0.2) is 40.2 Å². The van der Waals surface area contributed by atoms with E-state index in [9.17, 15) is 19.7 Å². The molecule has 27 heavy (non-hydrogen) atoms. The van der Waals surface area contributed by atoms with Crippen LogP contribution in [0.2, 0.25) is 0 Å². The molecule has 1 fully saturated rings. The second kappa shape index (κ2) is 6.83. The number of aryl methyl sites for hydroxylation is 1. The van der Waals surface area contributed by atoms with Crippen molar-refractivity contribution in [1.82, 2.24) is 14.8 Å². The summed E-state index contributed by atoms with van der Waals surface area (Å²) in [6, 6.07) is 4.30. The number of nitro benzene ring substituents is 1. The molecule has 1 saturated heterocycles. The van der Waals surface area contributed by atoms with Crippen molar-refractivity contribution >= 4 is 35.5 Å². The van der Waals surface area contributed by atoms with E-state index in [1.54, 1.807) is 17.7 Å². The van der Waals surface area contributed by atoms with Gasteiger partial charge in [-0.3, -0.25) is 10.1 Å².